The van der Waals surface area contributed by atoms with E-state index in [9.17, 15) is 4.79 Å². The van der Waals surface area contributed by atoms with Crippen molar-refractivity contribution >= 4 is 5.91 Å². The van der Waals surface area contributed by atoms with Gasteiger partial charge in [0.15, 0.2) is 0 Å². The van der Waals surface area contributed by atoms with Crippen LogP contribution in [0.1, 0.15) is 34.7 Å². The average Bonchev–Trinajstić information content (AvgIpc) is 2.97. The second kappa shape index (κ2) is 4.09. The first kappa shape index (κ1) is 11.7. The van der Waals surface area contributed by atoms with Gasteiger partial charge >= 0.3 is 0 Å². The van der Waals surface area contributed by atoms with Crippen molar-refractivity contribution in [3.8, 4) is 0 Å². The van der Waals surface area contributed by atoms with Gasteiger partial charge in [-0.2, -0.15) is 0 Å². The van der Waals surface area contributed by atoms with Crippen molar-refractivity contribution in [3.05, 3.63) is 17.0 Å². The first-order valence-electron chi connectivity index (χ1n) is 6.55. The molecule has 0 bridgehead atoms. The van der Waals surface area contributed by atoms with Crippen LogP contribution in [0.4, 0.5) is 0 Å². The first-order valence-corrected chi connectivity index (χ1v) is 6.55. The van der Waals surface area contributed by atoms with Crippen LogP contribution >= 0.6 is 0 Å². The molecular weight excluding hydrogens is 230 g/mol. The van der Waals surface area contributed by atoms with E-state index in [4.69, 9.17) is 10.3 Å². The van der Waals surface area contributed by atoms with Crippen LogP contribution in [0.5, 0.6) is 0 Å². The lowest BCUT2D eigenvalue weighted by Gasteiger charge is -2.18. The monoisotopic (exact) mass is 249 g/mol. The average molecular weight is 249 g/mol. The highest BCUT2D eigenvalue weighted by Crippen LogP contribution is 2.37. The molecule has 2 fully saturated rings. The summed E-state index contributed by atoms with van der Waals surface area (Å²) in [5.74, 6) is 1.73. The van der Waals surface area contributed by atoms with Crippen molar-refractivity contribution in [1.82, 2.24) is 10.1 Å². The van der Waals surface area contributed by atoms with Crippen molar-refractivity contribution in [1.29, 1.82) is 0 Å². The minimum atomic E-state index is 0.0489. The molecular formula is C13H19N3O2. The fraction of sp³-hybridized carbons (Fsp3) is 0.692. The zero-order valence-corrected chi connectivity index (χ0v) is 10.8. The zero-order chi connectivity index (χ0) is 12.9. The van der Waals surface area contributed by atoms with Crippen LogP contribution in [-0.4, -0.2) is 35.1 Å². The van der Waals surface area contributed by atoms with Gasteiger partial charge in [0.1, 0.15) is 11.3 Å². The number of hydrogen-bond donors (Lipinski definition) is 1. The number of likely N-dealkylation sites (tertiary alicyclic amines) is 1. The van der Waals surface area contributed by atoms with Crippen molar-refractivity contribution in [3.63, 3.8) is 0 Å². The van der Waals surface area contributed by atoms with Gasteiger partial charge in [0, 0.05) is 19.1 Å². The largest absolute Gasteiger partial charge is 0.361 e. The summed E-state index contributed by atoms with van der Waals surface area (Å²) in [5.41, 5.74) is 7.40. The standard InChI is InChI=1S/C13H19N3O2/c1-7-12(8(2)18-15-7)13(17)16-5-9-3-4-11(14)10(9)6-16/h9-11H,3-6,14H2,1-2H3. The highest BCUT2D eigenvalue weighted by atomic mass is 16.5. The van der Waals surface area contributed by atoms with E-state index in [0.717, 1.165) is 25.9 Å². The summed E-state index contributed by atoms with van der Waals surface area (Å²) < 4.78 is 5.07. The minimum absolute atomic E-state index is 0.0489. The quantitative estimate of drug-likeness (QED) is 0.809. The lowest BCUT2D eigenvalue weighted by atomic mass is 9.98. The van der Waals surface area contributed by atoms with Crippen LogP contribution in [-0.2, 0) is 0 Å². The van der Waals surface area contributed by atoms with E-state index in [1.54, 1.807) is 6.92 Å². The molecule has 1 aromatic heterocycles. The molecule has 3 unspecified atom stereocenters. The third kappa shape index (κ3) is 1.65. The predicted octanol–water partition coefficient (Wildman–Crippen LogP) is 1.10. The third-order valence-corrected chi connectivity index (χ3v) is 4.45. The van der Waals surface area contributed by atoms with Crippen LogP contribution in [0.15, 0.2) is 4.52 Å². The summed E-state index contributed by atoms with van der Waals surface area (Å²) in [6, 6.07) is 0.262. The molecule has 3 atom stereocenters. The molecule has 1 saturated carbocycles. The molecule has 2 N–H and O–H groups in total. The van der Waals surface area contributed by atoms with E-state index < -0.39 is 0 Å². The van der Waals surface area contributed by atoms with Gasteiger partial charge in [-0.1, -0.05) is 5.16 Å². The normalized spacial score (nSPS) is 30.8. The van der Waals surface area contributed by atoms with Gasteiger partial charge in [-0.15, -0.1) is 0 Å². The van der Waals surface area contributed by atoms with Crippen molar-refractivity contribution in [2.45, 2.75) is 32.7 Å². The number of rotatable bonds is 1. The Labute approximate surface area is 106 Å². The van der Waals surface area contributed by atoms with Crippen LogP contribution < -0.4 is 5.73 Å². The summed E-state index contributed by atoms with van der Waals surface area (Å²) in [4.78, 5) is 14.4. The maximum absolute atomic E-state index is 12.5. The number of amides is 1. The van der Waals surface area contributed by atoms with Gasteiger partial charge in [-0.25, -0.2) is 0 Å². The number of carbonyl (C=O) groups is 1. The Morgan fingerprint density at radius 3 is 2.78 bits per heavy atom. The molecule has 18 heavy (non-hydrogen) atoms. The molecule has 0 aromatic carbocycles. The highest BCUT2D eigenvalue weighted by Gasteiger charge is 2.43. The van der Waals surface area contributed by atoms with E-state index in [1.807, 2.05) is 11.8 Å². The molecule has 2 heterocycles. The zero-order valence-electron chi connectivity index (χ0n) is 10.8. The number of aryl methyl sites for hydroxylation is 2. The van der Waals surface area contributed by atoms with Gasteiger partial charge in [0.05, 0.1) is 5.69 Å². The molecule has 1 aliphatic heterocycles. The summed E-state index contributed by atoms with van der Waals surface area (Å²) in [7, 11) is 0. The molecule has 5 nitrogen and oxygen atoms in total. The molecule has 0 radical (unpaired) electrons. The maximum atomic E-state index is 12.5. The number of nitrogens with zero attached hydrogens (tertiary/aromatic N) is 2. The fourth-order valence-corrected chi connectivity index (χ4v) is 3.42. The molecule has 3 rings (SSSR count). The van der Waals surface area contributed by atoms with Crippen molar-refractivity contribution in [2.24, 2.45) is 17.6 Å². The molecule has 1 amide bonds. The van der Waals surface area contributed by atoms with E-state index in [-0.39, 0.29) is 11.9 Å². The van der Waals surface area contributed by atoms with E-state index >= 15 is 0 Å². The summed E-state index contributed by atoms with van der Waals surface area (Å²) in [5, 5.41) is 3.85. The second-order valence-corrected chi connectivity index (χ2v) is 5.57. The lowest BCUT2D eigenvalue weighted by Crippen LogP contribution is -2.33. The Bertz CT molecular complexity index is 463. The first-order chi connectivity index (χ1) is 8.58. The fourth-order valence-electron chi connectivity index (χ4n) is 3.42. The van der Waals surface area contributed by atoms with Gasteiger partial charge in [-0.3, -0.25) is 4.79 Å². The third-order valence-electron chi connectivity index (χ3n) is 4.45. The lowest BCUT2D eigenvalue weighted by molar-refractivity contribution is 0.0777. The molecule has 1 aromatic rings. The summed E-state index contributed by atoms with van der Waals surface area (Å²) >= 11 is 0. The minimum Gasteiger partial charge on any atom is -0.361 e. The molecule has 98 valence electrons. The van der Waals surface area contributed by atoms with Crippen LogP contribution in [0.2, 0.25) is 0 Å². The van der Waals surface area contributed by atoms with Crippen LogP contribution in [0.25, 0.3) is 0 Å². The molecule has 5 heteroatoms. The Balaban J connectivity index is 1.80. The van der Waals surface area contributed by atoms with Crippen molar-refractivity contribution < 1.29 is 9.32 Å². The molecule has 1 saturated heterocycles. The number of carbonyl (C=O) groups excluding carboxylic acids is 1. The predicted molar refractivity (Wildman–Crippen MR) is 66.1 cm³/mol. The number of fused-ring (bicyclic) bond motifs is 1. The van der Waals surface area contributed by atoms with E-state index in [2.05, 4.69) is 5.16 Å². The molecule has 0 spiro atoms. The van der Waals surface area contributed by atoms with Gasteiger partial charge in [0.25, 0.3) is 5.91 Å². The topological polar surface area (TPSA) is 72.4 Å². The highest BCUT2D eigenvalue weighted by molar-refractivity contribution is 5.96. The summed E-state index contributed by atoms with van der Waals surface area (Å²) in [6.45, 7) is 5.22. The van der Waals surface area contributed by atoms with E-state index in [1.165, 1.54) is 0 Å². The molecule has 2 aliphatic rings. The van der Waals surface area contributed by atoms with Gasteiger partial charge in [-0.05, 0) is 38.5 Å². The van der Waals surface area contributed by atoms with Gasteiger partial charge in [0.2, 0.25) is 0 Å². The summed E-state index contributed by atoms with van der Waals surface area (Å²) in [6.07, 6.45) is 2.25. The van der Waals surface area contributed by atoms with Gasteiger partial charge < -0.3 is 15.2 Å². The Morgan fingerprint density at radius 2 is 2.17 bits per heavy atom. The van der Waals surface area contributed by atoms with E-state index in [0.29, 0.717) is 28.9 Å². The Hall–Kier alpha value is -1.36. The smallest absolute Gasteiger partial charge is 0.259 e. The Kier molecular flexibility index (Phi) is 2.66. The maximum Gasteiger partial charge on any atom is 0.259 e. The van der Waals surface area contributed by atoms with Crippen LogP contribution in [0, 0.1) is 25.7 Å². The Morgan fingerprint density at radius 1 is 1.39 bits per heavy atom. The van der Waals surface area contributed by atoms with Crippen LogP contribution in [0.3, 0.4) is 0 Å². The molecule has 1 aliphatic carbocycles. The number of aromatic nitrogens is 1. The SMILES string of the molecule is Cc1noc(C)c1C(=O)N1CC2CCC(N)C2C1. The second-order valence-electron chi connectivity index (χ2n) is 5.57. The van der Waals surface area contributed by atoms with Crippen molar-refractivity contribution in [2.75, 3.05) is 13.1 Å². The number of nitrogens with two attached hydrogens (primary N) is 1. The number of hydrogen-bond acceptors (Lipinski definition) is 4.